The average Bonchev–Trinajstić information content (AvgIpc) is 2.40. The van der Waals surface area contributed by atoms with Crippen molar-refractivity contribution >= 4 is 5.91 Å². The van der Waals surface area contributed by atoms with E-state index in [1.54, 1.807) is 0 Å². The minimum Gasteiger partial charge on any atom is -0.456 e. The van der Waals surface area contributed by atoms with Crippen molar-refractivity contribution in [3.63, 3.8) is 0 Å². The van der Waals surface area contributed by atoms with Crippen molar-refractivity contribution in [3.05, 3.63) is 58.9 Å². The lowest BCUT2D eigenvalue weighted by Gasteiger charge is -2.14. The highest BCUT2D eigenvalue weighted by molar-refractivity contribution is 5.95. The first-order valence-corrected chi connectivity index (χ1v) is 6.13. The van der Waals surface area contributed by atoms with Crippen molar-refractivity contribution in [3.8, 4) is 11.5 Å². The molecule has 2 N–H and O–H groups in total. The maximum Gasteiger partial charge on any atom is 0.416 e. The average molecular weight is 313 g/mol. The third kappa shape index (κ3) is 3.36. The summed E-state index contributed by atoms with van der Waals surface area (Å²) in [5, 5.41) is 0. The Labute approximate surface area is 123 Å². The molecule has 0 aliphatic carbocycles. The van der Waals surface area contributed by atoms with E-state index >= 15 is 0 Å². The number of benzene rings is 2. The highest BCUT2D eigenvalue weighted by Gasteiger charge is 2.31. The number of hydrogen-bond acceptors (Lipinski definition) is 2. The van der Waals surface area contributed by atoms with Gasteiger partial charge in [0.1, 0.15) is 17.3 Å². The van der Waals surface area contributed by atoms with Gasteiger partial charge >= 0.3 is 6.18 Å². The molecule has 0 spiro atoms. The number of ether oxygens (including phenoxy) is 1. The number of carbonyl (C=O) groups excluding carboxylic acids is 1. The lowest BCUT2D eigenvalue weighted by molar-refractivity contribution is -0.137. The Kier molecular flexibility index (Phi) is 4.07. The summed E-state index contributed by atoms with van der Waals surface area (Å²) in [6.45, 7) is 1.52. The number of nitrogens with two attached hydrogens (primary N) is 1. The Morgan fingerprint density at radius 1 is 1.09 bits per heavy atom. The van der Waals surface area contributed by atoms with Gasteiger partial charge in [-0.05, 0) is 48.9 Å². The van der Waals surface area contributed by atoms with Crippen LogP contribution in [0.15, 0.2) is 36.4 Å². The number of carbonyl (C=O) groups is 1. The quantitative estimate of drug-likeness (QED) is 0.869. The van der Waals surface area contributed by atoms with Gasteiger partial charge < -0.3 is 10.5 Å². The molecule has 116 valence electrons. The van der Waals surface area contributed by atoms with E-state index in [4.69, 9.17) is 10.5 Å². The molecule has 0 radical (unpaired) electrons. The Hall–Kier alpha value is -2.57. The van der Waals surface area contributed by atoms with E-state index in [1.165, 1.54) is 13.0 Å². The summed E-state index contributed by atoms with van der Waals surface area (Å²) in [5.41, 5.74) is 4.32. The van der Waals surface area contributed by atoms with Crippen LogP contribution in [0.25, 0.3) is 0 Å². The molecule has 7 heteroatoms. The molecule has 0 saturated heterocycles. The number of aryl methyl sites for hydroxylation is 1. The molecule has 0 aliphatic heterocycles. The maximum absolute atomic E-state index is 13.0. The zero-order valence-corrected chi connectivity index (χ0v) is 11.4. The minimum atomic E-state index is -4.59. The van der Waals surface area contributed by atoms with Crippen LogP contribution in [-0.4, -0.2) is 5.91 Å². The molecule has 0 heterocycles. The van der Waals surface area contributed by atoms with Gasteiger partial charge in [-0.25, -0.2) is 4.39 Å². The van der Waals surface area contributed by atoms with E-state index in [9.17, 15) is 22.4 Å². The van der Waals surface area contributed by atoms with E-state index in [0.29, 0.717) is 11.6 Å². The van der Waals surface area contributed by atoms with Gasteiger partial charge in [0.2, 0.25) is 0 Å². The number of primary amides is 1. The van der Waals surface area contributed by atoms with Crippen LogP contribution in [0.3, 0.4) is 0 Å². The van der Waals surface area contributed by atoms with Gasteiger partial charge in [-0.3, -0.25) is 4.79 Å². The van der Waals surface area contributed by atoms with Crippen LogP contribution < -0.4 is 10.5 Å². The second-order valence-corrected chi connectivity index (χ2v) is 4.58. The van der Waals surface area contributed by atoms with Crippen molar-refractivity contribution in [2.75, 3.05) is 0 Å². The zero-order chi connectivity index (χ0) is 16.5. The van der Waals surface area contributed by atoms with Crippen molar-refractivity contribution in [2.24, 2.45) is 5.73 Å². The Balaban J connectivity index is 2.49. The molecule has 3 nitrogen and oxygen atoms in total. The zero-order valence-electron chi connectivity index (χ0n) is 11.4. The molecule has 22 heavy (non-hydrogen) atoms. The summed E-state index contributed by atoms with van der Waals surface area (Å²) >= 11 is 0. The summed E-state index contributed by atoms with van der Waals surface area (Å²) in [5.74, 6) is -1.65. The fraction of sp³-hybridized carbons (Fsp3) is 0.133. The van der Waals surface area contributed by atoms with Gasteiger partial charge in [-0.2, -0.15) is 13.2 Å². The first-order valence-electron chi connectivity index (χ1n) is 6.13. The summed E-state index contributed by atoms with van der Waals surface area (Å²) in [6, 6.07) is 5.88. The summed E-state index contributed by atoms with van der Waals surface area (Å²) in [4.78, 5) is 11.3. The highest BCUT2D eigenvalue weighted by atomic mass is 19.4. The smallest absolute Gasteiger partial charge is 0.416 e. The predicted octanol–water partition coefficient (Wildman–Crippen LogP) is 4.04. The van der Waals surface area contributed by atoms with Crippen LogP contribution in [0.4, 0.5) is 17.6 Å². The molecular formula is C15H11F4NO2. The monoisotopic (exact) mass is 313 g/mol. The van der Waals surface area contributed by atoms with E-state index in [2.05, 4.69) is 0 Å². The third-order valence-electron chi connectivity index (χ3n) is 2.93. The normalized spacial score (nSPS) is 11.3. The Morgan fingerprint density at radius 3 is 2.32 bits per heavy atom. The van der Waals surface area contributed by atoms with Gasteiger partial charge in [0, 0.05) is 0 Å². The Morgan fingerprint density at radius 2 is 1.77 bits per heavy atom. The van der Waals surface area contributed by atoms with Crippen LogP contribution in [0.2, 0.25) is 0 Å². The van der Waals surface area contributed by atoms with Crippen molar-refractivity contribution in [1.82, 2.24) is 0 Å². The van der Waals surface area contributed by atoms with Gasteiger partial charge in [0.15, 0.2) is 0 Å². The molecule has 0 bridgehead atoms. The van der Waals surface area contributed by atoms with Gasteiger partial charge in [0.05, 0.1) is 11.1 Å². The lowest BCUT2D eigenvalue weighted by atomic mass is 10.1. The number of amides is 1. The van der Waals surface area contributed by atoms with Gasteiger partial charge in [-0.15, -0.1) is 0 Å². The van der Waals surface area contributed by atoms with Crippen molar-refractivity contribution in [2.45, 2.75) is 13.1 Å². The number of alkyl halides is 3. The van der Waals surface area contributed by atoms with Crippen LogP contribution in [0.1, 0.15) is 21.5 Å². The Bertz CT molecular complexity index is 726. The summed E-state index contributed by atoms with van der Waals surface area (Å²) in [6.07, 6.45) is -4.59. The molecule has 2 aromatic rings. The second kappa shape index (κ2) is 5.67. The summed E-state index contributed by atoms with van der Waals surface area (Å²) in [7, 11) is 0. The molecule has 0 aromatic heterocycles. The molecule has 0 saturated carbocycles. The molecular weight excluding hydrogens is 302 g/mol. The van der Waals surface area contributed by atoms with Crippen LogP contribution in [0.5, 0.6) is 11.5 Å². The van der Waals surface area contributed by atoms with Crippen LogP contribution in [-0.2, 0) is 6.18 Å². The standard InChI is InChI=1S/C15H11F4NO2/c1-8-6-10(16)3-5-12(8)22-13-7-9(15(17,18)19)2-4-11(13)14(20)21/h2-7H,1H3,(H2,20,21). The van der Waals surface area contributed by atoms with Gasteiger partial charge in [0.25, 0.3) is 5.91 Å². The van der Waals surface area contributed by atoms with Crippen molar-refractivity contribution in [1.29, 1.82) is 0 Å². The largest absolute Gasteiger partial charge is 0.456 e. The van der Waals surface area contributed by atoms with E-state index < -0.39 is 23.5 Å². The lowest BCUT2D eigenvalue weighted by Crippen LogP contribution is -2.14. The highest BCUT2D eigenvalue weighted by Crippen LogP contribution is 2.35. The molecule has 1 amide bonds. The second-order valence-electron chi connectivity index (χ2n) is 4.58. The first-order chi connectivity index (χ1) is 10.2. The first kappa shape index (κ1) is 15.8. The van der Waals surface area contributed by atoms with Crippen LogP contribution in [0, 0.1) is 12.7 Å². The van der Waals surface area contributed by atoms with E-state index in [1.807, 2.05) is 0 Å². The molecule has 0 unspecified atom stereocenters. The van der Waals surface area contributed by atoms with Gasteiger partial charge in [-0.1, -0.05) is 0 Å². The number of hydrogen-bond donors (Lipinski definition) is 1. The van der Waals surface area contributed by atoms with Crippen LogP contribution >= 0.6 is 0 Å². The number of rotatable bonds is 3. The maximum atomic E-state index is 13.0. The molecule has 0 aliphatic rings. The van der Waals surface area contributed by atoms with Crippen molar-refractivity contribution < 1.29 is 27.1 Å². The topological polar surface area (TPSA) is 52.3 Å². The molecule has 0 fully saturated rings. The molecule has 2 aromatic carbocycles. The fourth-order valence-electron chi connectivity index (χ4n) is 1.83. The predicted molar refractivity (Wildman–Crippen MR) is 71.2 cm³/mol. The fourth-order valence-corrected chi connectivity index (χ4v) is 1.83. The SMILES string of the molecule is Cc1cc(F)ccc1Oc1cc(C(F)(F)F)ccc1C(N)=O. The molecule has 0 atom stereocenters. The number of halogens is 4. The minimum absolute atomic E-state index is 0.128. The third-order valence-corrected chi connectivity index (χ3v) is 2.93. The molecule has 2 rings (SSSR count). The van der Waals surface area contributed by atoms with E-state index in [-0.39, 0.29) is 17.1 Å². The van der Waals surface area contributed by atoms with E-state index in [0.717, 1.165) is 24.3 Å². The summed E-state index contributed by atoms with van der Waals surface area (Å²) < 4.78 is 56.6.